The van der Waals surface area contributed by atoms with Crippen molar-refractivity contribution in [3.05, 3.63) is 48.4 Å². The molecular weight excluding hydrogens is 320 g/mol. The molecule has 7 heteroatoms. The molecule has 0 amide bonds. The minimum Gasteiger partial charge on any atom is -0.497 e. The van der Waals surface area contributed by atoms with E-state index < -0.39 is 0 Å². The van der Waals surface area contributed by atoms with Gasteiger partial charge in [0.2, 0.25) is 5.95 Å². The third kappa shape index (κ3) is 3.71. The molecule has 3 aromatic rings. The molecule has 0 fully saturated rings. The lowest BCUT2D eigenvalue weighted by atomic mass is 10.2. The number of rotatable bonds is 6. The van der Waals surface area contributed by atoms with Crippen molar-refractivity contribution in [3.8, 4) is 17.1 Å². The Labute approximate surface area is 145 Å². The number of carbonyl (C=O) groups excluding carboxylic acids is 1. The van der Waals surface area contributed by atoms with Crippen molar-refractivity contribution in [2.24, 2.45) is 5.92 Å². The number of ether oxygens (including phenoxy) is 1. The van der Waals surface area contributed by atoms with Crippen LogP contribution in [-0.2, 0) is 6.54 Å². The zero-order valence-electron chi connectivity index (χ0n) is 14.4. The second-order valence-corrected chi connectivity index (χ2v) is 5.83. The van der Waals surface area contributed by atoms with Crippen molar-refractivity contribution >= 4 is 11.9 Å². The first-order chi connectivity index (χ1) is 12.1. The van der Waals surface area contributed by atoms with Crippen LogP contribution >= 0.6 is 0 Å². The van der Waals surface area contributed by atoms with Crippen LogP contribution in [-0.4, -0.2) is 27.8 Å². The van der Waals surface area contributed by atoms with Gasteiger partial charge < -0.3 is 14.5 Å². The molecule has 3 rings (SSSR count). The standard InChI is InChI=1S/C18H20N4O3/c1-12(2)17(23)22-18(19-11-15-5-4-10-25-15)20-16(21-22)13-6-8-14(24-3)9-7-13/h4-10,12H,11H2,1-3H3,(H,19,20,21). The molecule has 1 N–H and O–H groups in total. The Morgan fingerprint density at radius 1 is 1.28 bits per heavy atom. The third-order valence-corrected chi connectivity index (χ3v) is 3.66. The SMILES string of the molecule is COc1ccc(-c2nc(NCc3ccco3)n(C(=O)C(C)C)n2)cc1. The number of furan rings is 1. The number of aromatic nitrogens is 3. The van der Waals surface area contributed by atoms with Gasteiger partial charge >= 0.3 is 0 Å². The summed E-state index contributed by atoms with van der Waals surface area (Å²) in [7, 11) is 1.61. The Kier molecular flexibility index (Phi) is 4.83. The average molecular weight is 340 g/mol. The summed E-state index contributed by atoms with van der Waals surface area (Å²) in [4.78, 5) is 16.9. The Balaban J connectivity index is 1.91. The normalized spacial score (nSPS) is 10.9. The van der Waals surface area contributed by atoms with E-state index in [2.05, 4.69) is 15.4 Å². The molecule has 0 aliphatic heterocycles. The minimum absolute atomic E-state index is 0.130. The molecular formula is C18H20N4O3. The molecule has 1 aromatic carbocycles. The molecule has 0 aliphatic carbocycles. The van der Waals surface area contributed by atoms with Crippen LogP contribution in [0.1, 0.15) is 24.4 Å². The van der Waals surface area contributed by atoms with E-state index in [4.69, 9.17) is 9.15 Å². The van der Waals surface area contributed by atoms with E-state index in [9.17, 15) is 4.79 Å². The number of carbonyl (C=O) groups is 1. The summed E-state index contributed by atoms with van der Waals surface area (Å²) >= 11 is 0. The quantitative estimate of drug-likeness (QED) is 0.740. The molecule has 7 nitrogen and oxygen atoms in total. The lowest BCUT2D eigenvalue weighted by molar-refractivity contribution is 0.0841. The van der Waals surface area contributed by atoms with Crippen LogP contribution < -0.4 is 10.1 Å². The van der Waals surface area contributed by atoms with E-state index in [0.717, 1.165) is 17.1 Å². The van der Waals surface area contributed by atoms with Gasteiger partial charge in [0.05, 0.1) is 19.9 Å². The molecule has 0 unspecified atom stereocenters. The van der Waals surface area contributed by atoms with E-state index in [1.807, 2.05) is 50.2 Å². The highest BCUT2D eigenvalue weighted by Gasteiger charge is 2.19. The van der Waals surface area contributed by atoms with Gasteiger partial charge in [-0.1, -0.05) is 13.8 Å². The maximum Gasteiger partial charge on any atom is 0.252 e. The summed E-state index contributed by atoms with van der Waals surface area (Å²) in [6.07, 6.45) is 1.60. The van der Waals surface area contributed by atoms with Gasteiger partial charge in [-0.3, -0.25) is 4.79 Å². The summed E-state index contributed by atoms with van der Waals surface area (Å²) in [6, 6.07) is 11.0. The van der Waals surface area contributed by atoms with Crippen LogP contribution in [0.5, 0.6) is 5.75 Å². The Hall–Kier alpha value is -3.09. The highest BCUT2D eigenvalue weighted by Crippen LogP contribution is 2.22. The number of benzene rings is 1. The van der Waals surface area contributed by atoms with E-state index in [-0.39, 0.29) is 11.8 Å². The molecule has 0 radical (unpaired) electrons. The maximum atomic E-state index is 12.4. The molecule has 0 saturated heterocycles. The highest BCUT2D eigenvalue weighted by molar-refractivity contribution is 5.83. The van der Waals surface area contributed by atoms with E-state index in [1.54, 1.807) is 13.4 Å². The molecule has 0 spiro atoms. The predicted molar refractivity (Wildman–Crippen MR) is 93.5 cm³/mol. The molecule has 0 aliphatic rings. The number of nitrogens with one attached hydrogen (secondary N) is 1. The largest absolute Gasteiger partial charge is 0.497 e. The predicted octanol–water partition coefficient (Wildman–Crippen LogP) is 3.46. The fourth-order valence-electron chi connectivity index (χ4n) is 2.27. The molecule has 130 valence electrons. The molecule has 2 heterocycles. The van der Waals surface area contributed by atoms with Crippen LogP contribution in [0.4, 0.5) is 5.95 Å². The molecule has 0 atom stereocenters. The van der Waals surface area contributed by atoms with Crippen molar-refractivity contribution in [1.29, 1.82) is 0 Å². The highest BCUT2D eigenvalue weighted by atomic mass is 16.5. The number of anilines is 1. The van der Waals surface area contributed by atoms with Crippen LogP contribution in [0.2, 0.25) is 0 Å². The van der Waals surface area contributed by atoms with Gasteiger partial charge in [0, 0.05) is 11.5 Å². The van der Waals surface area contributed by atoms with E-state index in [0.29, 0.717) is 18.3 Å². The first-order valence-electron chi connectivity index (χ1n) is 8.00. The first-order valence-corrected chi connectivity index (χ1v) is 8.00. The van der Waals surface area contributed by atoms with Gasteiger partial charge in [0.15, 0.2) is 5.82 Å². The van der Waals surface area contributed by atoms with Crippen molar-refractivity contribution in [2.45, 2.75) is 20.4 Å². The molecule has 0 saturated carbocycles. The van der Waals surface area contributed by atoms with Gasteiger partial charge in [-0.25, -0.2) is 0 Å². The zero-order valence-corrected chi connectivity index (χ0v) is 14.4. The van der Waals surface area contributed by atoms with Gasteiger partial charge in [-0.2, -0.15) is 9.67 Å². The third-order valence-electron chi connectivity index (χ3n) is 3.66. The number of methoxy groups -OCH3 is 1. The Morgan fingerprint density at radius 3 is 2.64 bits per heavy atom. The molecule has 0 bridgehead atoms. The minimum atomic E-state index is -0.199. The summed E-state index contributed by atoms with van der Waals surface area (Å²) in [5.74, 6) is 2.03. The van der Waals surface area contributed by atoms with Crippen LogP contribution in [0.25, 0.3) is 11.4 Å². The monoisotopic (exact) mass is 340 g/mol. The molecule has 25 heavy (non-hydrogen) atoms. The van der Waals surface area contributed by atoms with Crippen molar-refractivity contribution in [2.75, 3.05) is 12.4 Å². The van der Waals surface area contributed by atoms with E-state index in [1.165, 1.54) is 4.68 Å². The average Bonchev–Trinajstić information content (AvgIpc) is 3.29. The summed E-state index contributed by atoms with van der Waals surface area (Å²) in [5.41, 5.74) is 0.803. The zero-order chi connectivity index (χ0) is 17.8. The topological polar surface area (TPSA) is 82.2 Å². The second-order valence-electron chi connectivity index (χ2n) is 5.83. The van der Waals surface area contributed by atoms with Crippen molar-refractivity contribution in [3.63, 3.8) is 0 Å². The van der Waals surface area contributed by atoms with E-state index >= 15 is 0 Å². The van der Waals surface area contributed by atoms with Crippen LogP contribution in [0, 0.1) is 5.92 Å². The maximum absolute atomic E-state index is 12.4. The van der Waals surface area contributed by atoms with Gasteiger partial charge in [-0.15, -0.1) is 5.10 Å². The number of hydrogen-bond donors (Lipinski definition) is 1. The fourth-order valence-corrected chi connectivity index (χ4v) is 2.27. The van der Waals surface area contributed by atoms with Gasteiger partial charge in [0.1, 0.15) is 11.5 Å². The number of hydrogen-bond acceptors (Lipinski definition) is 6. The van der Waals surface area contributed by atoms with Crippen LogP contribution in [0.15, 0.2) is 47.1 Å². The molecule has 2 aromatic heterocycles. The lowest BCUT2D eigenvalue weighted by Crippen LogP contribution is -2.21. The Bertz CT molecular complexity index is 836. The van der Waals surface area contributed by atoms with Gasteiger partial charge in [0.25, 0.3) is 5.91 Å². The van der Waals surface area contributed by atoms with Crippen LogP contribution in [0.3, 0.4) is 0 Å². The lowest BCUT2D eigenvalue weighted by Gasteiger charge is -2.07. The second kappa shape index (κ2) is 7.21. The summed E-state index contributed by atoms with van der Waals surface area (Å²) in [5, 5.41) is 7.49. The van der Waals surface area contributed by atoms with Crippen molar-refractivity contribution < 1.29 is 13.9 Å². The smallest absolute Gasteiger partial charge is 0.252 e. The van der Waals surface area contributed by atoms with Crippen molar-refractivity contribution in [1.82, 2.24) is 14.8 Å². The fraction of sp³-hybridized carbons (Fsp3) is 0.278. The number of nitrogens with zero attached hydrogens (tertiary/aromatic N) is 3. The van der Waals surface area contributed by atoms with Gasteiger partial charge in [-0.05, 0) is 36.4 Å². The summed E-state index contributed by atoms with van der Waals surface area (Å²) in [6.45, 7) is 4.07. The Morgan fingerprint density at radius 2 is 2.04 bits per heavy atom. The first kappa shape index (κ1) is 16.8. The summed E-state index contributed by atoms with van der Waals surface area (Å²) < 4.78 is 11.8.